The van der Waals surface area contributed by atoms with Gasteiger partial charge in [0.1, 0.15) is 0 Å². The Kier molecular flexibility index (Phi) is 2.89. The Labute approximate surface area is 53.5 Å². The second-order valence-corrected chi connectivity index (χ2v) is 8.41. The summed E-state index contributed by atoms with van der Waals surface area (Å²) >= 11 is 0. The van der Waals surface area contributed by atoms with Crippen molar-refractivity contribution in [3.05, 3.63) is 0 Å². The van der Waals surface area contributed by atoms with Crippen molar-refractivity contribution >= 4 is 17.6 Å². The number of hydrogen-bond acceptors (Lipinski definition) is 1. The minimum Gasteiger partial charge on any atom is -0.438 e. The Morgan fingerprint density at radius 1 is 1.38 bits per heavy atom. The van der Waals surface area contributed by atoms with E-state index in [1.807, 2.05) is 13.1 Å². The summed E-state index contributed by atoms with van der Waals surface area (Å²) in [6, 6.07) is 0. The lowest BCUT2D eigenvalue weighted by atomic mass is 11.9. The minimum absolute atomic E-state index is 1.05. The van der Waals surface area contributed by atoms with Gasteiger partial charge in [-0.3, -0.25) is 4.80 Å². The second-order valence-electron chi connectivity index (χ2n) is 2.57. The molecule has 49 valence electrons. The normalized spacial score (nSPS) is 12.8. The van der Waals surface area contributed by atoms with Crippen molar-refractivity contribution in [2.75, 3.05) is 0 Å². The molecule has 0 aliphatic heterocycles. The van der Waals surface area contributed by atoms with Crippen molar-refractivity contribution in [3.63, 3.8) is 0 Å². The fourth-order valence-corrected chi connectivity index (χ4v) is 5.11. The summed E-state index contributed by atoms with van der Waals surface area (Å²) in [6.45, 7) is 7.40. The second kappa shape index (κ2) is 2.77. The molecule has 0 unspecified atom stereocenters. The van der Waals surface area contributed by atoms with Gasteiger partial charge in [-0.15, -0.1) is 0 Å². The maximum absolute atomic E-state index is 10.9. The largest absolute Gasteiger partial charge is 0.438 e. The van der Waals surface area contributed by atoms with Crippen molar-refractivity contribution in [3.8, 4) is 0 Å². The van der Waals surface area contributed by atoms with Crippen molar-refractivity contribution in [1.82, 2.24) is 0 Å². The summed E-state index contributed by atoms with van der Waals surface area (Å²) in [5.41, 5.74) is 0. The molecular formula is C4H13O2Si2. The molecule has 0 fully saturated rings. The molecule has 0 saturated heterocycles. The summed E-state index contributed by atoms with van der Waals surface area (Å²) in [4.78, 5) is 10.9. The molecule has 4 heteroatoms. The van der Waals surface area contributed by atoms with Gasteiger partial charge < -0.3 is 4.12 Å². The average Bonchev–Trinajstić information content (AvgIpc) is 1.21. The molecule has 0 atom stereocenters. The first-order valence-electron chi connectivity index (χ1n) is 2.80. The molecule has 1 radical (unpaired) electrons. The van der Waals surface area contributed by atoms with E-state index in [4.69, 9.17) is 4.12 Å². The van der Waals surface area contributed by atoms with Crippen LogP contribution in [0.25, 0.3) is 0 Å². The van der Waals surface area contributed by atoms with Crippen LogP contribution in [0.5, 0.6) is 0 Å². The molecule has 0 bridgehead atoms. The van der Waals surface area contributed by atoms with Gasteiger partial charge in [0.25, 0.3) is 0 Å². The summed E-state index contributed by atoms with van der Waals surface area (Å²) in [5, 5.41) is 0. The minimum atomic E-state index is -2.41. The van der Waals surface area contributed by atoms with Gasteiger partial charge in [0.05, 0.1) is 0 Å². The third-order valence-electron chi connectivity index (χ3n) is 0.520. The molecule has 2 nitrogen and oxygen atoms in total. The first-order valence-corrected chi connectivity index (χ1v) is 8.40. The monoisotopic (exact) mass is 149 g/mol. The highest BCUT2D eigenvalue weighted by Crippen LogP contribution is 2.00. The summed E-state index contributed by atoms with van der Waals surface area (Å²) in [6.07, 6.45) is 0. The highest BCUT2D eigenvalue weighted by Gasteiger charge is 2.22. The zero-order valence-corrected chi connectivity index (χ0v) is 8.05. The average molecular weight is 149 g/mol. The Balaban J connectivity index is 3.39. The van der Waals surface area contributed by atoms with Crippen LogP contribution < -0.4 is 0 Å². The Hall–Kier alpha value is 0.354. The maximum Gasteiger partial charge on any atom is 0.357 e. The lowest BCUT2D eigenvalue weighted by Crippen LogP contribution is -2.33. The quantitative estimate of drug-likeness (QED) is 0.541. The van der Waals surface area contributed by atoms with E-state index in [1.54, 1.807) is 13.1 Å². The molecule has 0 rings (SSSR count). The predicted molar refractivity (Wildman–Crippen MR) is 38.1 cm³/mol. The van der Waals surface area contributed by atoms with E-state index in [2.05, 4.69) is 0 Å². The third kappa shape index (κ3) is 6.35. The van der Waals surface area contributed by atoms with Crippen LogP contribution in [-0.4, -0.2) is 17.6 Å². The molecule has 0 N–H and O–H groups in total. The molecule has 0 aromatic rings. The van der Waals surface area contributed by atoms with Gasteiger partial charge in [-0.05, 0) is 26.2 Å². The molecule has 0 aromatic carbocycles. The van der Waals surface area contributed by atoms with Crippen LogP contribution >= 0.6 is 0 Å². The maximum atomic E-state index is 10.9. The van der Waals surface area contributed by atoms with Crippen LogP contribution in [0.15, 0.2) is 0 Å². The van der Waals surface area contributed by atoms with E-state index in [0.717, 1.165) is 0 Å². The molecule has 0 saturated carbocycles. The van der Waals surface area contributed by atoms with Gasteiger partial charge in [0.15, 0.2) is 9.04 Å². The Morgan fingerprint density at radius 3 is 1.75 bits per heavy atom. The fraction of sp³-hybridized carbons (Fsp3) is 1.00. The van der Waals surface area contributed by atoms with E-state index < -0.39 is 17.6 Å². The lowest BCUT2D eigenvalue weighted by Gasteiger charge is -2.14. The number of hydrogen-bond donors (Lipinski definition) is 0. The first kappa shape index (κ1) is 8.35. The molecule has 0 amide bonds. The number of rotatable bonds is 2. The van der Waals surface area contributed by atoms with E-state index in [0.29, 0.717) is 0 Å². The molecule has 0 spiro atoms. The topological polar surface area (TPSA) is 29.1 Å². The standard InChI is InChI=1S/C4H13O2Si2/c1-7(2)6-8(3,4)5/h7H,1-4H3. The molecule has 0 aliphatic rings. The van der Waals surface area contributed by atoms with Gasteiger partial charge in [-0.2, -0.15) is 0 Å². The first-order chi connectivity index (χ1) is 3.42. The zero-order valence-electron chi connectivity index (χ0n) is 5.89. The van der Waals surface area contributed by atoms with Crippen LogP contribution in [-0.2, 0) is 8.91 Å². The van der Waals surface area contributed by atoms with Crippen molar-refractivity contribution in [2.24, 2.45) is 0 Å². The van der Waals surface area contributed by atoms with Crippen LogP contribution in [0.3, 0.4) is 0 Å². The van der Waals surface area contributed by atoms with Gasteiger partial charge in [0.2, 0.25) is 0 Å². The van der Waals surface area contributed by atoms with Crippen molar-refractivity contribution in [2.45, 2.75) is 26.2 Å². The van der Waals surface area contributed by atoms with Crippen molar-refractivity contribution in [1.29, 1.82) is 0 Å². The lowest BCUT2D eigenvalue weighted by molar-refractivity contribution is 0.324. The van der Waals surface area contributed by atoms with Crippen LogP contribution in [0.4, 0.5) is 0 Å². The summed E-state index contributed by atoms with van der Waals surface area (Å²) in [5.74, 6) is 0. The molecular weight excluding hydrogens is 136 g/mol. The summed E-state index contributed by atoms with van der Waals surface area (Å²) in [7, 11) is -3.45. The SMILES string of the molecule is C[SiH](C)O[Si](C)(C)[O]. The van der Waals surface area contributed by atoms with E-state index in [-0.39, 0.29) is 0 Å². The van der Waals surface area contributed by atoms with E-state index in [1.165, 1.54) is 0 Å². The summed E-state index contributed by atoms with van der Waals surface area (Å²) < 4.78 is 5.16. The van der Waals surface area contributed by atoms with Gasteiger partial charge >= 0.3 is 8.56 Å². The van der Waals surface area contributed by atoms with Crippen molar-refractivity contribution < 1.29 is 8.91 Å². The zero-order chi connectivity index (χ0) is 6.78. The molecule has 8 heavy (non-hydrogen) atoms. The van der Waals surface area contributed by atoms with Gasteiger partial charge in [-0.1, -0.05) is 0 Å². The molecule has 0 aliphatic carbocycles. The van der Waals surface area contributed by atoms with Crippen LogP contribution in [0.1, 0.15) is 0 Å². The van der Waals surface area contributed by atoms with E-state index in [9.17, 15) is 4.80 Å². The predicted octanol–water partition coefficient (Wildman–Crippen LogP) is 1.12. The molecule has 0 heterocycles. The van der Waals surface area contributed by atoms with Gasteiger partial charge in [-0.25, -0.2) is 0 Å². The highest BCUT2D eigenvalue weighted by atomic mass is 28.4. The highest BCUT2D eigenvalue weighted by molar-refractivity contribution is 6.71. The van der Waals surface area contributed by atoms with Crippen LogP contribution in [0, 0.1) is 0 Å². The third-order valence-corrected chi connectivity index (χ3v) is 4.68. The Morgan fingerprint density at radius 2 is 1.75 bits per heavy atom. The molecule has 0 aromatic heterocycles. The fourth-order valence-electron chi connectivity index (χ4n) is 0.568. The van der Waals surface area contributed by atoms with Crippen LogP contribution in [0.2, 0.25) is 26.2 Å². The smallest absolute Gasteiger partial charge is 0.357 e. The van der Waals surface area contributed by atoms with E-state index >= 15 is 0 Å². The van der Waals surface area contributed by atoms with Gasteiger partial charge in [0, 0.05) is 0 Å². The Bertz CT molecular complexity index is 66.9.